The summed E-state index contributed by atoms with van der Waals surface area (Å²) in [7, 11) is 0. The van der Waals surface area contributed by atoms with Crippen molar-refractivity contribution in [2.45, 2.75) is 38.6 Å². The Morgan fingerprint density at radius 3 is 2.58 bits per heavy atom. The van der Waals surface area contributed by atoms with Crippen LogP contribution in [0, 0.1) is 6.92 Å². The van der Waals surface area contributed by atoms with Gasteiger partial charge in [-0.05, 0) is 67.6 Å². The zero-order valence-electron chi connectivity index (χ0n) is 24.9. The summed E-state index contributed by atoms with van der Waals surface area (Å²) in [6.45, 7) is 8.45. The molecule has 3 aromatic carbocycles. The van der Waals surface area contributed by atoms with Crippen LogP contribution in [0.2, 0.25) is 0 Å². The van der Waals surface area contributed by atoms with Crippen molar-refractivity contribution in [2.75, 3.05) is 56.2 Å². The largest absolute Gasteiger partial charge is 0.456 e. The molecule has 0 aliphatic carbocycles. The number of rotatable bonds is 7. The van der Waals surface area contributed by atoms with Gasteiger partial charge in [0.1, 0.15) is 11.5 Å². The van der Waals surface area contributed by atoms with E-state index in [0.29, 0.717) is 19.3 Å². The maximum atomic E-state index is 12.7. The van der Waals surface area contributed by atoms with E-state index in [1.54, 1.807) is 6.07 Å². The Kier molecular flexibility index (Phi) is 7.92. The van der Waals surface area contributed by atoms with Crippen LogP contribution in [0.4, 0.5) is 11.4 Å². The lowest BCUT2D eigenvalue weighted by Gasteiger charge is -2.33. The predicted molar refractivity (Wildman–Crippen MR) is 173 cm³/mol. The monoisotopic (exact) mass is 576 g/mol. The smallest absolute Gasteiger partial charge is 0.250 e. The van der Waals surface area contributed by atoms with Gasteiger partial charge in [0.2, 0.25) is 5.56 Å². The Balaban J connectivity index is 1.01. The number of aryl methyl sites for hydroxylation is 1. The van der Waals surface area contributed by atoms with Crippen molar-refractivity contribution in [3.05, 3.63) is 105 Å². The molecule has 0 atom stereocenters. The zero-order valence-corrected chi connectivity index (χ0v) is 24.9. The van der Waals surface area contributed by atoms with Crippen LogP contribution >= 0.6 is 0 Å². The molecule has 222 valence electrons. The number of para-hydroxylation sites is 1. The lowest BCUT2D eigenvalue weighted by Crippen LogP contribution is -2.40. The van der Waals surface area contributed by atoms with Crippen LogP contribution in [0.5, 0.6) is 11.5 Å². The molecule has 0 spiro atoms. The molecule has 0 saturated carbocycles. The normalized spacial score (nSPS) is 17.2. The molecule has 3 aliphatic rings. The van der Waals surface area contributed by atoms with Gasteiger partial charge in [-0.25, -0.2) is 0 Å². The first-order valence-electron chi connectivity index (χ1n) is 15.6. The van der Waals surface area contributed by atoms with E-state index in [0.717, 1.165) is 98.1 Å². The van der Waals surface area contributed by atoms with Crippen molar-refractivity contribution in [3.8, 4) is 22.8 Å². The zero-order chi connectivity index (χ0) is 29.2. The molecule has 2 saturated heterocycles. The molecule has 7 heteroatoms. The first kappa shape index (κ1) is 27.7. The summed E-state index contributed by atoms with van der Waals surface area (Å²) in [6.07, 6.45) is 4.20. The minimum absolute atomic E-state index is 0.111. The highest BCUT2D eigenvalue weighted by Gasteiger charge is 2.24. The van der Waals surface area contributed by atoms with Gasteiger partial charge in [0, 0.05) is 73.8 Å². The van der Waals surface area contributed by atoms with Gasteiger partial charge in [-0.2, -0.15) is 0 Å². The number of pyridine rings is 1. The molecule has 7 rings (SSSR count). The van der Waals surface area contributed by atoms with Crippen molar-refractivity contribution in [2.24, 2.45) is 0 Å². The summed E-state index contributed by atoms with van der Waals surface area (Å²) in [5.41, 5.74) is 8.73. The number of piperidine rings is 1. The molecule has 0 unspecified atom stereocenters. The van der Waals surface area contributed by atoms with E-state index in [4.69, 9.17) is 9.47 Å². The van der Waals surface area contributed by atoms with Gasteiger partial charge in [-0.3, -0.25) is 4.79 Å². The third-order valence-electron chi connectivity index (χ3n) is 9.00. The van der Waals surface area contributed by atoms with Crippen molar-refractivity contribution in [1.29, 1.82) is 0 Å². The van der Waals surface area contributed by atoms with Crippen molar-refractivity contribution in [3.63, 3.8) is 0 Å². The number of anilines is 2. The summed E-state index contributed by atoms with van der Waals surface area (Å²) < 4.78 is 12.0. The van der Waals surface area contributed by atoms with E-state index in [9.17, 15) is 4.79 Å². The van der Waals surface area contributed by atoms with E-state index in [1.807, 2.05) is 6.07 Å². The van der Waals surface area contributed by atoms with Crippen LogP contribution in [0.1, 0.15) is 35.1 Å². The molecule has 7 nitrogen and oxygen atoms in total. The number of aromatic nitrogens is 1. The highest BCUT2D eigenvalue weighted by atomic mass is 16.5. The standard InChI is InChI=1S/C36H40N4O3/c1-25-4-2-5-26(20-25)10-13-39-14-11-29(12-15-39)37-30-8-9-34-28(22-30)21-27-6-3-7-32(36(27)43-34)33-23-31(24-35(41)38-33)40-16-18-42-19-17-40/h2-9,20,22-24,29,37H,10-19,21H2,1H3,(H,38,41). The first-order valence-corrected chi connectivity index (χ1v) is 15.6. The number of aromatic amines is 1. The molecule has 2 N–H and O–H groups in total. The highest BCUT2D eigenvalue weighted by Crippen LogP contribution is 2.43. The molecule has 2 fully saturated rings. The molecule has 4 aromatic rings. The summed E-state index contributed by atoms with van der Waals surface area (Å²) in [5.74, 6) is 1.70. The van der Waals surface area contributed by atoms with Crippen LogP contribution in [-0.4, -0.2) is 61.9 Å². The van der Waals surface area contributed by atoms with Crippen molar-refractivity contribution >= 4 is 11.4 Å². The highest BCUT2D eigenvalue weighted by molar-refractivity contribution is 5.74. The maximum absolute atomic E-state index is 12.7. The Labute approximate surface area is 253 Å². The second-order valence-corrected chi connectivity index (χ2v) is 12.1. The topological polar surface area (TPSA) is 69.8 Å². The number of benzene rings is 3. The number of ether oxygens (including phenoxy) is 2. The molecule has 0 amide bonds. The number of H-pyrrole nitrogens is 1. The number of hydrogen-bond donors (Lipinski definition) is 2. The fraction of sp³-hybridized carbons (Fsp3) is 0.361. The summed E-state index contributed by atoms with van der Waals surface area (Å²) in [6, 6.07) is 25.8. The van der Waals surface area contributed by atoms with Gasteiger partial charge >= 0.3 is 0 Å². The molecule has 4 heterocycles. The lowest BCUT2D eigenvalue weighted by molar-refractivity contribution is 0.122. The maximum Gasteiger partial charge on any atom is 0.250 e. The number of nitrogens with zero attached hydrogens (tertiary/aromatic N) is 2. The minimum Gasteiger partial charge on any atom is -0.456 e. The van der Waals surface area contributed by atoms with Crippen molar-refractivity contribution < 1.29 is 9.47 Å². The molecule has 0 radical (unpaired) electrons. The van der Waals surface area contributed by atoms with Crippen LogP contribution in [-0.2, 0) is 17.6 Å². The average Bonchev–Trinajstić information content (AvgIpc) is 3.03. The van der Waals surface area contributed by atoms with E-state index in [-0.39, 0.29) is 5.56 Å². The minimum atomic E-state index is -0.111. The van der Waals surface area contributed by atoms with Gasteiger partial charge in [0.05, 0.1) is 18.9 Å². The van der Waals surface area contributed by atoms with E-state index in [1.165, 1.54) is 16.7 Å². The van der Waals surface area contributed by atoms with Gasteiger partial charge in [0.15, 0.2) is 0 Å². The molecule has 3 aliphatic heterocycles. The predicted octanol–water partition coefficient (Wildman–Crippen LogP) is 6.00. The fourth-order valence-corrected chi connectivity index (χ4v) is 6.65. The Bertz CT molecular complexity index is 1650. The van der Waals surface area contributed by atoms with Crippen LogP contribution in [0.25, 0.3) is 11.3 Å². The number of likely N-dealkylation sites (tertiary alicyclic amines) is 1. The lowest BCUT2D eigenvalue weighted by atomic mass is 9.95. The molecule has 0 bridgehead atoms. The fourth-order valence-electron chi connectivity index (χ4n) is 6.65. The van der Waals surface area contributed by atoms with E-state index < -0.39 is 0 Å². The Hall–Kier alpha value is -4.07. The average molecular weight is 577 g/mol. The van der Waals surface area contributed by atoms with Crippen LogP contribution in [0.15, 0.2) is 77.6 Å². The Morgan fingerprint density at radius 1 is 0.907 bits per heavy atom. The molecule has 1 aromatic heterocycles. The third-order valence-corrected chi connectivity index (χ3v) is 9.00. The summed E-state index contributed by atoms with van der Waals surface area (Å²) >= 11 is 0. The van der Waals surface area contributed by atoms with Crippen LogP contribution < -0.4 is 20.5 Å². The second-order valence-electron chi connectivity index (χ2n) is 12.1. The summed E-state index contributed by atoms with van der Waals surface area (Å²) in [4.78, 5) is 20.5. The van der Waals surface area contributed by atoms with Gasteiger partial charge < -0.3 is 29.6 Å². The number of nitrogens with one attached hydrogen (secondary N) is 2. The van der Waals surface area contributed by atoms with Gasteiger partial charge in [-0.1, -0.05) is 42.0 Å². The van der Waals surface area contributed by atoms with Crippen LogP contribution in [0.3, 0.4) is 0 Å². The number of fused-ring (bicyclic) bond motifs is 2. The number of morpholine rings is 1. The molecular formula is C36H40N4O3. The van der Waals surface area contributed by atoms with Gasteiger partial charge in [-0.15, -0.1) is 0 Å². The quantitative estimate of drug-likeness (QED) is 0.248. The molecular weight excluding hydrogens is 536 g/mol. The SMILES string of the molecule is Cc1cccc(CCN2CCC(Nc3ccc4c(c3)Cc3cccc(-c5cc(N6CCOCC6)cc(=O)[nH]5)c3O4)CC2)c1. The van der Waals surface area contributed by atoms with E-state index >= 15 is 0 Å². The van der Waals surface area contributed by atoms with Gasteiger partial charge in [0.25, 0.3) is 0 Å². The second kappa shape index (κ2) is 12.3. The Morgan fingerprint density at radius 2 is 1.74 bits per heavy atom. The third kappa shape index (κ3) is 6.33. The molecule has 43 heavy (non-hydrogen) atoms. The van der Waals surface area contributed by atoms with E-state index in [2.05, 4.69) is 87.7 Å². The van der Waals surface area contributed by atoms with Crippen molar-refractivity contribution in [1.82, 2.24) is 9.88 Å². The summed E-state index contributed by atoms with van der Waals surface area (Å²) in [5, 5.41) is 3.80. The number of hydrogen-bond acceptors (Lipinski definition) is 6. The first-order chi connectivity index (χ1) is 21.1.